The van der Waals surface area contributed by atoms with Crippen LogP contribution in [0.5, 0.6) is 0 Å². The lowest BCUT2D eigenvalue weighted by Crippen LogP contribution is -2.46. The molecule has 2 rings (SSSR count). The zero-order chi connectivity index (χ0) is 16.1. The summed E-state index contributed by atoms with van der Waals surface area (Å²) in [5.41, 5.74) is 1.86. The first kappa shape index (κ1) is 17.5. The van der Waals surface area contributed by atoms with E-state index in [-0.39, 0.29) is 5.60 Å². The minimum atomic E-state index is 0.0714. The molecule has 0 radical (unpaired) electrons. The average Bonchev–Trinajstić information content (AvgIpc) is 2.52. The Morgan fingerprint density at radius 3 is 2.59 bits per heavy atom. The zero-order valence-electron chi connectivity index (χ0n) is 14.8. The van der Waals surface area contributed by atoms with Gasteiger partial charge < -0.3 is 10.1 Å². The van der Waals surface area contributed by atoms with E-state index < -0.39 is 0 Å². The molecule has 1 aliphatic rings. The molecule has 0 aromatic heterocycles. The van der Waals surface area contributed by atoms with E-state index in [9.17, 15) is 0 Å². The van der Waals surface area contributed by atoms with E-state index >= 15 is 0 Å². The molecular weight excluding hydrogens is 270 g/mol. The third-order valence-corrected chi connectivity index (χ3v) is 5.72. The molecule has 0 aliphatic carbocycles. The first-order valence-electron chi connectivity index (χ1n) is 8.88. The largest absolute Gasteiger partial charge is 0.375 e. The predicted molar refractivity (Wildman–Crippen MR) is 93.9 cm³/mol. The van der Waals surface area contributed by atoms with Crippen LogP contribution >= 0.6 is 0 Å². The van der Waals surface area contributed by atoms with Gasteiger partial charge in [-0.05, 0) is 56.0 Å². The molecular formula is C20H33NO. The molecule has 1 heterocycles. The van der Waals surface area contributed by atoms with Crippen molar-refractivity contribution < 1.29 is 4.74 Å². The molecule has 1 aromatic carbocycles. The molecule has 2 nitrogen and oxygen atoms in total. The fourth-order valence-corrected chi connectivity index (χ4v) is 3.77. The number of hydrogen-bond donors (Lipinski definition) is 1. The Balaban J connectivity index is 1.89. The molecule has 0 amide bonds. The molecule has 124 valence electrons. The first-order valence-corrected chi connectivity index (χ1v) is 8.88. The van der Waals surface area contributed by atoms with Gasteiger partial charge in [0.2, 0.25) is 0 Å². The molecule has 2 atom stereocenters. The lowest BCUT2D eigenvalue weighted by Gasteiger charge is -2.49. The van der Waals surface area contributed by atoms with Crippen LogP contribution in [0.4, 0.5) is 0 Å². The van der Waals surface area contributed by atoms with Crippen LogP contribution in [0.15, 0.2) is 30.3 Å². The van der Waals surface area contributed by atoms with Crippen LogP contribution < -0.4 is 5.32 Å². The van der Waals surface area contributed by atoms with Crippen molar-refractivity contribution in [2.75, 3.05) is 13.2 Å². The maximum Gasteiger partial charge on any atom is 0.0657 e. The Hall–Kier alpha value is -0.860. The Kier molecular flexibility index (Phi) is 6.05. The minimum Gasteiger partial charge on any atom is -0.375 e. The standard InChI is InChI=1S/C20H33NO/c1-5-19(4)16-20(17(2)3,12-14-22-19)11-13-21-15-18-9-7-6-8-10-18/h6-10,17,21H,5,11-16H2,1-4H3/t19-,20+/m1/s1. The maximum atomic E-state index is 6.08. The maximum absolute atomic E-state index is 6.08. The van der Waals surface area contributed by atoms with Gasteiger partial charge in [-0.15, -0.1) is 0 Å². The van der Waals surface area contributed by atoms with Gasteiger partial charge in [0.25, 0.3) is 0 Å². The van der Waals surface area contributed by atoms with Gasteiger partial charge in [0.1, 0.15) is 0 Å². The fraction of sp³-hybridized carbons (Fsp3) is 0.700. The van der Waals surface area contributed by atoms with Crippen molar-refractivity contribution in [2.45, 2.75) is 65.5 Å². The van der Waals surface area contributed by atoms with E-state index in [2.05, 4.69) is 63.3 Å². The Morgan fingerprint density at radius 1 is 1.23 bits per heavy atom. The third kappa shape index (κ3) is 4.33. The van der Waals surface area contributed by atoms with Crippen LogP contribution in [0.2, 0.25) is 0 Å². The molecule has 1 saturated heterocycles. The third-order valence-electron chi connectivity index (χ3n) is 5.72. The molecule has 1 aromatic rings. The summed E-state index contributed by atoms with van der Waals surface area (Å²) in [4.78, 5) is 0. The number of rotatable bonds is 7. The van der Waals surface area contributed by atoms with Gasteiger partial charge in [-0.1, -0.05) is 51.1 Å². The molecule has 22 heavy (non-hydrogen) atoms. The van der Waals surface area contributed by atoms with Gasteiger partial charge in [0.15, 0.2) is 0 Å². The van der Waals surface area contributed by atoms with Gasteiger partial charge >= 0.3 is 0 Å². The van der Waals surface area contributed by atoms with Gasteiger partial charge in [0, 0.05) is 13.2 Å². The van der Waals surface area contributed by atoms with E-state index in [1.165, 1.54) is 24.8 Å². The summed E-state index contributed by atoms with van der Waals surface area (Å²) in [6, 6.07) is 10.7. The minimum absolute atomic E-state index is 0.0714. The average molecular weight is 303 g/mol. The number of benzene rings is 1. The van der Waals surface area contributed by atoms with Crippen LogP contribution in [-0.2, 0) is 11.3 Å². The summed E-state index contributed by atoms with van der Waals surface area (Å²) in [6.45, 7) is 12.3. The van der Waals surface area contributed by atoms with Crippen LogP contribution in [0, 0.1) is 11.3 Å². The SMILES string of the molecule is CC[C@]1(C)C[C@@](CCNCc2ccccc2)(C(C)C)CCO1. The Bertz CT molecular complexity index is 444. The highest BCUT2D eigenvalue weighted by atomic mass is 16.5. The van der Waals surface area contributed by atoms with Crippen molar-refractivity contribution >= 4 is 0 Å². The van der Waals surface area contributed by atoms with Crippen molar-refractivity contribution in [3.8, 4) is 0 Å². The molecule has 2 heteroatoms. The van der Waals surface area contributed by atoms with Gasteiger partial charge in [0.05, 0.1) is 5.60 Å². The van der Waals surface area contributed by atoms with Crippen LogP contribution in [0.1, 0.15) is 58.9 Å². The molecule has 0 saturated carbocycles. The smallest absolute Gasteiger partial charge is 0.0657 e. The van der Waals surface area contributed by atoms with Crippen molar-refractivity contribution in [1.82, 2.24) is 5.32 Å². The second-order valence-corrected chi connectivity index (χ2v) is 7.51. The molecule has 0 spiro atoms. The van der Waals surface area contributed by atoms with E-state index in [0.29, 0.717) is 11.3 Å². The second-order valence-electron chi connectivity index (χ2n) is 7.51. The van der Waals surface area contributed by atoms with Gasteiger partial charge in [-0.3, -0.25) is 0 Å². The lowest BCUT2D eigenvalue weighted by atomic mass is 9.64. The molecule has 1 aliphatic heterocycles. The van der Waals surface area contributed by atoms with Crippen LogP contribution in [-0.4, -0.2) is 18.8 Å². The second kappa shape index (κ2) is 7.61. The van der Waals surface area contributed by atoms with E-state index in [4.69, 9.17) is 4.74 Å². The van der Waals surface area contributed by atoms with Crippen molar-refractivity contribution in [3.63, 3.8) is 0 Å². The fourth-order valence-electron chi connectivity index (χ4n) is 3.77. The Labute approximate surface area is 136 Å². The van der Waals surface area contributed by atoms with Crippen molar-refractivity contribution in [1.29, 1.82) is 0 Å². The molecule has 0 unspecified atom stereocenters. The van der Waals surface area contributed by atoms with E-state index in [0.717, 1.165) is 26.1 Å². The number of hydrogen-bond acceptors (Lipinski definition) is 2. The summed E-state index contributed by atoms with van der Waals surface area (Å²) in [5.74, 6) is 0.709. The highest BCUT2D eigenvalue weighted by molar-refractivity contribution is 5.14. The molecule has 1 fully saturated rings. The highest BCUT2D eigenvalue weighted by Crippen LogP contribution is 2.47. The summed E-state index contributed by atoms with van der Waals surface area (Å²) in [7, 11) is 0. The summed E-state index contributed by atoms with van der Waals surface area (Å²) < 4.78 is 6.08. The van der Waals surface area contributed by atoms with Crippen molar-refractivity contribution in [3.05, 3.63) is 35.9 Å². The first-order chi connectivity index (χ1) is 10.5. The highest BCUT2D eigenvalue weighted by Gasteiger charge is 2.43. The number of nitrogens with one attached hydrogen (secondary N) is 1. The van der Waals surface area contributed by atoms with Crippen molar-refractivity contribution in [2.24, 2.45) is 11.3 Å². The summed E-state index contributed by atoms with van der Waals surface area (Å²) in [5, 5.41) is 3.63. The normalized spacial score (nSPS) is 29.0. The quantitative estimate of drug-likeness (QED) is 0.731. The lowest BCUT2D eigenvalue weighted by molar-refractivity contribution is -0.132. The van der Waals surface area contributed by atoms with E-state index in [1.807, 2.05) is 0 Å². The Morgan fingerprint density at radius 2 is 1.95 bits per heavy atom. The summed E-state index contributed by atoms with van der Waals surface area (Å²) in [6.07, 6.45) is 4.75. The van der Waals surface area contributed by atoms with Gasteiger partial charge in [-0.25, -0.2) is 0 Å². The number of ether oxygens (including phenoxy) is 1. The van der Waals surface area contributed by atoms with Crippen LogP contribution in [0.25, 0.3) is 0 Å². The van der Waals surface area contributed by atoms with E-state index in [1.54, 1.807) is 0 Å². The topological polar surface area (TPSA) is 21.3 Å². The monoisotopic (exact) mass is 303 g/mol. The summed E-state index contributed by atoms with van der Waals surface area (Å²) >= 11 is 0. The molecule has 1 N–H and O–H groups in total. The zero-order valence-corrected chi connectivity index (χ0v) is 14.8. The van der Waals surface area contributed by atoms with Crippen LogP contribution in [0.3, 0.4) is 0 Å². The van der Waals surface area contributed by atoms with Gasteiger partial charge in [-0.2, -0.15) is 0 Å². The molecule has 0 bridgehead atoms. The predicted octanol–water partition coefficient (Wildman–Crippen LogP) is 4.79.